The minimum absolute atomic E-state index is 0.532. The Morgan fingerprint density at radius 2 is 2.56 bits per heavy atom. The van der Waals surface area contributed by atoms with Crippen LogP contribution >= 0.6 is 11.8 Å². The second-order valence-corrected chi connectivity index (χ2v) is 3.58. The second-order valence-electron chi connectivity index (χ2n) is 2.31. The van der Waals surface area contributed by atoms with Crippen LogP contribution in [0.15, 0.2) is 0 Å². The summed E-state index contributed by atoms with van der Waals surface area (Å²) in [5, 5.41) is 0. The van der Waals surface area contributed by atoms with Crippen LogP contribution in [0.25, 0.3) is 0 Å². The topological polar surface area (TPSA) is 9.23 Å². The van der Waals surface area contributed by atoms with Gasteiger partial charge in [-0.3, -0.25) is 0 Å². The smallest absolute Gasteiger partial charge is 0.103 e. The van der Waals surface area contributed by atoms with Crippen molar-refractivity contribution < 1.29 is 4.74 Å². The van der Waals surface area contributed by atoms with Crippen molar-refractivity contribution in [2.24, 2.45) is 0 Å². The Balaban J connectivity index is 1.98. The summed E-state index contributed by atoms with van der Waals surface area (Å²) in [6.07, 6.45) is 3.76. The molecule has 1 rings (SSSR count). The SMILES string of the molecule is CCCOC1CCCS1. The van der Waals surface area contributed by atoms with Gasteiger partial charge in [-0.2, -0.15) is 0 Å². The summed E-state index contributed by atoms with van der Waals surface area (Å²) in [5.74, 6) is 1.30. The Morgan fingerprint density at radius 3 is 3.11 bits per heavy atom. The summed E-state index contributed by atoms with van der Waals surface area (Å²) in [5.41, 5.74) is 0.532. The average Bonchev–Trinajstić information content (AvgIpc) is 2.34. The molecular formula is C7H14OS. The highest BCUT2D eigenvalue weighted by molar-refractivity contribution is 8.00. The molecule has 0 aromatic carbocycles. The van der Waals surface area contributed by atoms with Crippen molar-refractivity contribution in [3.8, 4) is 0 Å². The Morgan fingerprint density at radius 1 is 1.67 bits per heavy atom. The highest BCUT2D eigenvalue weighted by Crippen LogP contribution is 2.26. The molecule has 2 heteroatoms. The molecule has 1 unspecified atom stereocenters. The average molecular weight is 146 g/mol. The van der Waals surface area contributed by atoms with Gasteiger partial charge < -0.3 is 4.74 Å². The maximum Gasteiger partial charge on any atom is 0.103 e. The summed E-state index contributed by atoms with van der Waals surface area (Å²) in [6.45, 7) is 3.09. The zero-order chi connectivity index (χ0) is 6.53. The lowest BCUT2D eigenvalue weighted by Crippen LogP contribution is -2.03. The van der Waals surface area contributed by atoms with Gasteiger partial charge >= 0.3 is 0 Å². The lowest BCUT2D eigenvalue weighted by Gasteiger charge is -2.07. The third-order valence-corrected chi connectivity index (χ3v) is 2.66. The molecule has 54 valence electrons. The maximum absolute atomic E-state index is 5.52. The van der Waals surface area contributed by atoms with E-state index in [4.69, 9.17) is 4.74 Å². The molecule has 0 spiro atoms. The van der Waals surface area contributed by atoms with E-state index in [-0.39, 0.29) is 0 Å². The maximum atomic E-state index is 5.52. The normalized spacial score (nSPS) is 27.0. The van der Waals surface area contributed by atoms with Crippen LogP contribution in [0, 0.1) is 0 Å². The van der Waals surface area contributed by atoms with Gasteiger partial charge in [0.15, 0.2) is 0 Å². The molecule has 1 nitrogen and oxygen atoms in total. The fourth-order valence-corrected chi connectivity index (χ4v) is 2.05. The van der Waals surface area contributed by atoms with E-state index in [0.717, 1.165) is 13.0 Å². The predicted octanol–water partition coefficient (Wildman–Crippen LogP) is 2.27. The zero-order valence-electron chi connectivity index (χ0n) is 5.93. The fourth-order valence-electron chi connectivity index (χ4n) is 0.929. The van der Waals surface area contributed by atoms with Crippen molar-refractivity contribution in [3.63, 3.8) is 0 Å². The summed E-state index contributed by atoms with van der Waals surface area (Å²) in [4.78, 5) is 0. The van der Waals surface area contributed by atoms with E-state index in [0.29, 0.717) is 5.44 Å². The van der Waals surface area contributed by atoms with Gasteiger partial charge in [-0.25, -0.2) is 0 Å². The molecular weight excluding hydrogens is 132 g/mol. The number of hydrogen-bond donors (Lipinski definition) is 0. The molecule has 0 aromatic rings. The first-order valence-corrected chi connectivity index (χ1v) is 4.71. The van der Waals surface area contributed by atoms with E-state index in [1.807, 2.05) is 11.8 Å². The standard InChI is InChI=1S/C7H14OS/c1-2-5-8-7-4-3-6-9-7/h7H,2-6H2,1H3. The lowest BCUT2D eigenvalue weighted by molar-refractivity contribution is 0.112. The summed E-state index contributed by atoms with van der Waals surface area (Å²) in [7, 11) is 0. The molecule has 1 aliphatic rings. The van der Waals surface area contributed by atoms with E-state index in [1.165, 1.54) is 18.6 Å². The van der Waals surface area contributed by atoms with Gasteiger partial charge in [0.1, 0.15) is 5.44 Å². The van der Waals surface area contributed by atoms with E-state index in [1.54, 1.807) is 0 Å². The molecule has 1 aliphatic heterocycles. The van der Waals surface area contributed by atoms with Crippen molar-refractivity contribution in [1.82, 2.24) is 0 Å². The lowest BCUT2D eigenvalue weighted by atomic mass is 10.4. The first-order chi connectivity index (χ1) is 4.43. The van der Waals surface area contributed by atoms with Crippen LogP contribution in [0.1, 0.15) is 26.2 Å². The Hall–Kier alpha value is 0.310. The summed E-state index contributed by atoms with van der Waals surface area (Å²) < 4.78 is 5.52. The first-order valence-electron chi connectivity index (χ1n) is 3.66. The van der Waals surface area contributed by atoms with Crippen LogP contribution in [0.2, 0.25) is 0 Å². The number of hydrogen-bond acceptors (Lipinski definition) is 2. The third-order valence-electron chi connectivity index (χ3n) is 1.40. The monoisotopic (exact) mass is 146 g/mol. The van der Waals surface area contributed by atoms with Crippen LogP contribution in [0.5, 0.6) is 0 Å². The molecule has 0 saturated carbocycles. The van der Waals surface area contributed by atoms with Crippen molar-refractivity contribution in [2.45, 2.75) is 31.6 Å². The van der Waals surface area contributed by atoms with Crippen molar-refractivity contribution in [1.29, 1.82) is 0 Å². The molecule has 0 amide bonds. The summed E-state index contributed by atoms with van der Waals surface area (Å²) in [6, 6.07) is 0. The minimum Gasteiger partial charge on any atom is -0.368 e. The molecule has 0 radical (unpaired) electrons. The van der Waals surface area contributed by atoms with E-state index < -0.39 is 0 Å². The number of thioether (sulfide) groups is 1. The minimum atomic E-state index is 0.532. The molecule has 1 saturated heterocycles. The molecule has 0 aromatic heterocycles. The van der Waals surface area contributed by atoms with Gasteiger partial charge in [0.05, 0.1) is 0 Å². The van der Waals surface area contributed by atoms with Crippen molar-refractivity contribution in [3.05, 3.63) is 0 Å². The van der Waals surface area contributed by atoms with E-state index in [9.17, 15) is 0 Å². The van der Waals surface area contributed by atoms with Gasteiger partial charge in [-0.15, -0.1) is 11.8 Å². The highest BCUT2D eigenvalue weighted by Gasteiger charge is 2.14. The van der Waals surface area contributed by atoms with Crippen LogP contribution in [-0.2, 0) is 4.74 Å². The Kier molecular flexibility index (Phi) is 3.44. The molecule has 9 heavy (non-hydrogen) atoms. The van der Waals surface area contributed by atoms with Gasteiger partial charge in [0.2, 0.25) is 0 Å². The Bertz CT molecular complexity index is 69.3. The third kappa shape index (κ3) is 2.59. The van der Waals surface area contributed by atoms with Crippen LogP contribution in [-0.4, -0.2) is 17.8 Å². The van der Waals surface area contributed by atoms with Gasteiger partial charge in [-0.05, 0) is 25.0 Å². The van der Waals surface area contributed by atoms with Gasteiger partial charge in [0.25, 0.3) is 0 Å². The molecule has 1 heterocycles. The highest BCUT2D eigenvalue weighted by atomic mass is 32.2. The number of ether oxygens (including phenoxy) is 1. The van der Waals surface area contributed by atoms with Gasteiger partial charge in [0, 0.05) is 6.61 Å². The van der Waals surface area contributed by atoms with Crippen LogP contribution < -0.4 is 0 Å². The fraction of sp³-hybridized carbons (Fsp3) is 1.00. The van der Waals surface area contributed by atoms with Crippen molar-refractivity contribution >= 4 is 11.8 Å². The molecule has 1 atom stereocenters. The molecule has 0 N–H and O–H groups in total. The van der Waals surface area contributed by atoms with Crippen molar-refractivity contribution in [2.75, 3.05) is 12.4 Å². The van der Waals surface area contributed by atoms with Crippen LogP contribution in [0.3, 0.4) is 0 Å². The first kappa shape index (κ1) is 7.42. The molecule has 1 fully saturated rings. The largest absolute Gasteiger partial charge is 0.368 e. The molecule has 0 aliphatic carbocycles. The Labute approximate surface area is 61.2 Å². The molecule has 0 bridgehead atoms. The number of rotatable bonds is 3. The van der Waals surface area contributed by atoms with E-state index >= 15 is 0 Å². The quantitative estimate of drug-likeness (QED) is 0.604. The second kappa shape index (κ2) is 4.18. The van der Waals surface area contributed by atoms with Gasteiger partial charge in [-0.1, -0.05) is 6.92 Å². The predicted molar refractivity (Wildman–Crippen MR) is 41.7 cm³/mol. The summed E-state index contributed by atoms with van der Waals surface area (Å²) >= 11 is 1.96. The van der Waals surface area contributed by atoms with Crippen LogP contribution in [0.4, 0.5) is 0 Å². The van der Waals surface area contributed by atoms with E-state index in [2.05, 4.69) is 6.92 Å². The zero-order valence-corrected chi connectivity index (χ0v) is 6.75.